The van der Waals surface area contributed by atoms with Gasteiger partial charge in [-0.05, 0) is 66.7 Å². The van der Waals surface area contributed by atoms with Crippen LogP contribution in [0.1, 0.15) is 66.1 Å². The van der Waals surface area contributed by atoms with Crippen molar-refractivity contribution in [2.45, 2.75) is 62.6 Å². The predicted molar refractivity (Wildman–Crippen MR) is 148 cm³/mol. The smallest absolute Gasteiger partial charge is 0.259 e. The number of hydrogen-bond acceptors (Lipinski definition) is 6. The van der Waals surface area contributed by atoms with E-state index in [-0.39, 0.29) is 30.2 Å². The number of nitrogens with one attached hydrogen (secondary N) is 1. The largest absolute Gasteiger partial charge is 0.365 e. The fourth-order valence-corrected chi connectivity index (χ4v) is 7.59. The number of amides is 4. The summed E-state index contributed by atoms with van der Waals surface area (Å²) >= 11 is 0. The van der Waals surface area contributed by atoms with E-state index in [2.05, 4.69) is 16.6 Å². The van der Waals surface area contributed by atoms with Crippen LogP contribution in [0.4, 0.5) is 5.69 Å². The van der Waals surface area contributed by atoms with Crippen LogP contribution in [0.2, 0.25) is 0 Å². The zero-order valence-corrected chi connectivity index (χ0v) is 22.7. The summed E-state index contributed by atoms with van der Waals surface area (Å²) in [5.41, 5.74) is 2.93. The quantitative estimate of drug-likeness (QED) is 0.486. The van der Waals surface area contributed by atoms with E-state index in [1.165, 1.54) is 0 Å². The summed E-state index contributed by atoms with van der Waals surface area (Å²) in [5.74, 6) is -0.184. The summed E-state index contributed by atoms with van der Waals surface area (Å²) in [6.07, 6.45) is 8.69. The molecule has 1 N–H and O–H groups in total. The van der Waals surface area contributed by atoms with Crippen LogP contribution in [0.3, 0.4) is 0 Å². The summed E-state index contributed by atoms with van der Waals surface area (Å²) in [5, 5.41) is 8.90. The zero-order valence-electron chi connectivity index (χ0n) is 22.7. The van der Waals surface area contributed by atoms with Gasteiger partial charge in [-0.25, -0.2) is 0 Å². The lowest BCUT2D eigenvalue weighted by Gasteiger charge is -2.41. The van der Waals surface area contributed by atoms with E-state index in [4.69, 9.17) is 4.74 Å². The third-order valence-electron chi connectivity index (χ3n) is 9.74. The predicted octanol–water partition coefficient (Wildman–Crippen LogP) is 2.74. The molecular formula is C31H31N5O5. The van der Waals surface area contributed by atoms with Gasteiger partial charge in [-0.15, -0.1) is 0 Å². The van der Waals surface area contributed by atoms with E-state index in [0.717, 1.165) is 73.0 Å². The molecule has 3 aromatic rings. The second-order valence-corrected chi connectivity index (χ2v) is 12.2. The number of ether oxygens (including phenoxy) is 1. The van der Waals surface area contributed by atoms with Gasteiger partial charge in [-0.1, -0.05) is 18.2 Å². The number of hydrogen-bond donors (Lipinski definition) is 1. The summed E-state index contributed by atoms with van der Waals surface area (Å²) in [7, 11) is 0. The van der Waals surface area contributed by atoms with Gasteiger partial charge in [0.1, 0.15) is 11.6 Å². The number of likely N-dealkylation sites (tertiary alicyclic amines) is 1. The lowest BCUT2D eigenvalue weighted by atomic mass is 9.73. The van der Waals surface area contributed by atoms with Gasteiger partial charge in [0.25, 0.3) is 11.8 Å². The van der Waals surface area contributed by atoms with Crippen LogP contribution in [-0.2, 0) is 25.5 Å². The highest BCUT2D eigenvalue weighted by Gasteiger charge is 2.58. The molecule has 5 fully saturated rings. The average Bonchev–Trinajstić information content (AvgIpc) is 3.75. The standard InChI is InChI=1S/C31H31N5O5/c37-26-7-6-25(28(38)33-26)36-24-5-4-20(22-2-1-3-23(27(22)24)29(36)39)12-18-15-32-35(16-18)21-8-10-34(11-9-21)30(40)31-13-19(14-31)17-41-31/h1-5,15-16,19,21,25H,6-14,17H2,(H,33,37,38). The van der Waals surface area contributed by atoms with E-state index >= 15 is 0 Å². The second-order valence-electron chi connectivity index (χ2n) is 12.2. The Balaban J connectivity index is 0.993. The first-order valence-corrected chi connectivity index (χ1v) is 14.6. The summed E-state index contributed by atoms with van der Waals surface area (Å²) in [4.78, 5) is 54.3. The van der Waals surface area contributed by atoms with Crippen LogP contribution in [-0.4, -0.2) is 69.6 Å². The number of rotatable bonds is 5. The number of benzene rings is 2. The number of fused-ring (bicyclic) bond motifs is 1. The van der Waals surface area contributed by atoms with Crippen molar-refractivity contribution in [3.63, 3.8) is 0 Å². The van der Waals surface area contributed by atoms with Crippen LogP contribution in [0.5, 0.6) is 0 Å². The Morgan fingerprint density at radius 1 is 1.07 bits per heavy atom. The highest BCUT2D eigenvalue weighted by atomic mass is 16.5. The van der Waals surface area contributed by atoms with Crippen LogP contribution in [0.15, 0.2) is 42.7 Å². The van der Waals surface area contributed by atoms with Crippen molar-refractivity contribution >= 4 is 40.1 Å². The first-order valence-electron chi connectivity index (χ1n) is 14.6. The maximum absolute atomic E-state index is 13.4. The Hall–Kier alpha value is -4.05. The first-order chi connectivity index (χ1) is 19.9. The van der Waals surface area contributed by atoms with Gasteiger partial charge >= 0.3 is 0 Å². The fourth-order valence-electron chi connectivity index (χ4n) is 7.59. The van der Waals surface area contributed by atoms with Gasteiger partial charge in [-0.3, -0.25) is 34.1 Å². The van der Waals surface area contributed by atoms with Crippen molar-refractivity contribution < 1.29 is 23.9 Å². The zero-order chi connectivity index (χ0) is 27.9. The average molecular weight is 554 g/mol. The van der Waals surface area contributed by atoms with Crippen LogP contribution in [0, 0.1) is 5.92 Å². The Morgan fingerprint density at radius 3 is 2.66 bits per heavy atom. The minimum absolute atomic E-state index is 0.174. The van der Waals surface area contributed by atoms with Gasteiger partial charge in [0.05, 0.1) is 24.5 Å². The van der Waals surface area contributed by atoms with Crippen molar-refractivity contribution in [2.24, 2.45) is 5.92 Å². The van der Waals surface area contributed by atoms with Crippen LogP contribution >= 0.6 is 0 Å². The minimum Gasteiger partial charge on any atom is -0.365 e. The van der Waals surface area contributed by atoms with E-state index < -0.39 is 17.6 Å². The molecule has 210 valence electrons. The number of carbonyl (C=O) groups is 4. The van der Waals surface area contributed by atoms with Crippen molar-refractivity contribution in [1.29, 1.82) is 0 Å². The maximum atomic E-state index is 13.4. The van der Waals surface area contributed by atoms with Crippen molar-refractivity contribution in [1.82, 2.24) is 20.0 Å². The molecule has 6 aliphatic rings. The van der Waals surface area contributed by atoms with E-state index in [1.807, 2.05) is 40.0 Å². The first kappa shape index (κ1) is 24.7. The minimum atomic E-state index is -0.697. The van der Waals surface area contributed by atoms with Crippen LogP contribution < -0.4 is 10.2 Å². The van der Waals surface area contributed by atoms with Gasteiger partial charge in [0.2, 0.25) is 11.8 Å². The van der Waals surface area contributed by atoms with E-state index in [0.29, 0.717) is 24.3 Å². The molecule has 1 saturated carbocycles. The number of piperidine rings is 2. The molecule has 10 heteroatoms. The molecule has 0 spiro atoms. The molecule has 4 saturated heterocycles. The molecule has 6 heterocycles. The molecule has 9 rings (SSSR count). The number of nitrogens with zero attached hydrogens (tertiary/aromatic N) is 4. The Kier molecular flexibility index (Phi) is 5.41. The maximum Gasteiger partial charge on any atom is 0.259 e. The number of carbonyl (C=O) groups excluding carboxylic acids is 4. The second kappa shape index (κ2) is 8.97. The molecular weight excluding hydrogens is 522 g/mol. The fraction of sp³-hybridized carbons (Fsp3) is 0.452. The SMILES string of the molecule is O=C1CCC(N2C(=O)c3cccc4c(Cc5cnn(C6CCN(C(=O)C78CC(CO7)C8)CC6)c5)ccc2c34)C(=O)N1. The van der Waals surface area contributed by atoms with Gasteiger partial charge in [0.15, 0.2) is 0 Å². The summed E-state index contributed by atoms with van der Waals surface area (Å²) < 4.78 is 7.88. The highest BCUT2D eigenvalue weighted by Crippen LogP contribution is 2.49. The summed E-state index contributed by atoms with van der Waals surface area (Å²) in [6.45, 7) is 2.17. The van der Waals surface area contributed by atoms with Crippen LogP contribution in [0.25, 0.3) is 10.8 Å². The third kappa shape index (κ3) is 3.76. The Labute approximate surface area is 236 Å². The third-order valence-corrected chi connectivity index (χ3v) is 9.74. The van der Waals surface area contributed by atoms with E-state index in [1.54, 1.807) is 11.0 Å². The number of anilines is 1. The molecule has 0 radical (unpaired) electrons. The molecule has 2 bridgehead atoms. The molecule has 4 amide bonds. The summed E-state index contributed by atoms with van der Waals surface area (Å²) in [6, 6.07) is 9.21. The Bertz CT molecular complexity index is 1630. The highest BCUT2D eigenvalue weighted by molar-refractivity contribution is 6.27. The number of imide groups is 1. The topological polar surface area (TPSA) is 114 Å². The van der Waals surface area contributed by atoms with Crippen molar-refractivity contribution in [2.75, 3.05) is 24.6 Å². The van der Waals surface area contributed by atoms with Gasteiger partial charge < -0.3 is 9.64 Å². The molecule has 1 unspecified atom stereocenters. The van der Waals surface area contributed by atoms with Gasteiger partial charge in [-0.2, -0.15) is 5.10 Å². The van der Waals surface area contributed by atoms with Crippen molar-refractivity contribution in [3.8, 4) is 0 Å². The lowest BCUT2D eigenvalue weighted by Crippen LogP contribution is -2.54. The normalized spacial score (nSPS) is 27.5. The Morgan fingerprint density at radius 2 is 1.90 bits per heavy atom. The van der Waals surface area contributed by atoms with Gasteiger partial charge in [0, 0.05) is 43.1 Å². The molecule has 1 aromatic heterocycles. The monoisotopic (exact) mass is 553 g/mol. The lowest BCUT2D eigenvalue weighted by molar-refractivity contribution is -0.156. The van der Waals surface area contributed by atoms with E-state index in [9.17, 15) is 19.2 Å². The molecule has 5 aliphatic heterocycles. The molecule has 2 aromatic carbocycles. The molecule has 1 atom stereocenters. The number of aromatic nitrogens is 2. The molecule has 1 aliphatic carbocycles. The molecule has 10 nitrogen and oxygen atoms in total. The van der Waals surface area contributed by atoms with Crippen molar-refractivity contribution in [3.05, 3.63) is 59.4 Å². The molecule has 41 heavy (non-hydrogen) atoms.